The maximum atomic E-state index is 11.7. The Labute approximate surface area is 153 Å². The number of hydrogen-bond donors (Lipinski definition) is 1. The summed E-state index contributed by atoms with van der Waals surface area (Å²) >= 11 is 0. The van der Waals surface area contributed by atoms with Crippen LogP contribution in [0.15, 0.2) is 42.6 Å². The van der Waals surface area contributed by atoms with Gasteiger partial charge in [0.25, 0.3) is 0 Å². The molecule has 1 aliphatic heterocycles. The molecule has 6 nitrogen and oxygen atoms in total. The Balaban J connectivity index is 1.74. The second-order valence-electron chi connectivity index (χ2n) is 6.74. The Morgan fingerprint density at radius 3 is 2.69 bits per heavy atom. The quantitative estimate of drug-likeness (QED) is 0.869. The number of pyridine rings is 1. The minimum Gasteiger partial charge on any atom is -0.478 e. The fourth-order valence-corrected chi connectivity index (χ4v) is 4.37. The Kier molecular flexibility index (Phi) is 5.38. The lowest BCUT2D eigenvalue weighted by atomic mass is 9.92. The second kappa shape index (κ2) is 7.55. The molecule has 1 aromatic carbocycles. The van der Waals surface area contributed by atoms with E-state index in [-0.39, 0.29) is 11.5 Å². The Morgan fingerprint density at radius 1 is 1.27 bits per heavy atom. The Bertz CT molecular complexity index is 894. The molecule has 7 heteroatoms. The summed E-state index contributed by atoms with van der Waals surface area (Å²) in [5.74, 6) is -0.702. The van der Waals surface area contributed by atoms with Crippen LogP contribution in [0.4, 0.5) is 0 Å². The van der Waals surface area contributed by atoms with Crippen LogP contribution in [0.2, 0.25) is 0 Å². The van der Waals surface area contributed by atoms with Crippen molar-refractivity contribution in [1.29, 1.82) is 0 Å². The number of rotatable bonds is 5. The van der Waals surface area contributed by atoms with Crippen LogP contribution < -0.4 is 0 Å². The Morgan fingerprint density at radius 2 is 2.04 bits per heavy atom. The maximum absolute atomic E-state index is 11.7. The predicted octanol–water partition coefficient (Wildman–Crippen LogP) is 2.66. The first-order chi connectivity index (χ1) is 12.3. The van der Waals surface area contributed by atoms with Crippen LogP contribution in [0.25, 0.3) is 11.3 Å². The standard InChI is InChI=1S/C19H22N2O4S/c1-26(24,25)21-10-4-5-15(13-21)11-14-8-9-18(20-12-14)16-6-2-3-7-17(16)19(22)23/h2-3,6-9,12,15H,4-5,10-11,13H2,1H3,(H,22,23)/t15-/m1/s1. The lowest BCUT2D eigenvalue weighted by Crippen LogP contribution is -2.39. The summed E-state index contributed by atoms with van der Waals surface area (Å²) in [5, 5.41) is 9.31. The van der Waals surface area contributed by atoms with Crippen LogP contribution >= 0.6 is 0 Å². The van der Waals surface area contributed by atoms with Gasteiger partial charge < -0.3 is 5.11 Å². The molecule has 1 atom stereocenters. The highest BCUT2D eigenvalue weighted by atomic mass is 32.2. The first kappa shape index (κ1) is 18.5. The van der Waals surface area contributed by atoms with E-state index in [0.29, 0.717) is 24.3 Å². The van der Waals surface area contributed by atoms with Crippen molar-refractivity contribution < 1.29 is 18.3 Å². The molecule has 1 saturated heterocycles. The van der Waals surface area contributed by atoms with Crippen molar-refractivity contribution in [3.63, 3.8) is 0 Å². The molecule has 0 spiro atoms. The molecule has 138 valence electrons. The van der Waals surface area contributed by atoms with E-state index >= 15 is 0 Å². The van der Waals surface area contributed by atoms with Gasteiger partial charge in [0.15, 0.2) is 0 Å². The van der Waals surface area contributed by atoms with Crippen molar-refractivity contribution in [2.45, 2.75) is 19.3 Å². The molecule has 1 fully saturated rings. The van der Waals surface area contributed by atoms with Gasteiger partial charge in [0.1, 0.15) is 0 Å². The summed E-state index contributed by atoms with van der Waals surface area (Å²) < 4.78 is 25.0. The number of carboxylic acid groups (broad SMARTS) is 1. The summed E-state index contributed by atoms with van der Waals surface area (Å²) in [5.41, 5.74) is 2.46. The molecule has 1 aromatic heterocycles. The highest BCUT2D eigenvalue weighted by Crippen LogP contribution is 2.25. The smallest absolute Gasteiger partial charge is 0.336 e. The van der Waals surface area contributed by atoms with Gasteiger partial charge in [-0.2, -0.15) is 0 Å². The molecule has 2 aromatic rings. The van der Waals surface area contributed by atoms with E-state index in [1.165, 1.54) is 6.26 Å². The normalized spacial score (nSPS) is 18.6. The second-order valence-corrected chi connectivity index (χ2v) is 8.72. The highest BCUT2D eigenvalue weighted by Gasteiger charge is 2.26. The number of sulfonamides is 1. The number of hydrogen-bond acceptors (Lipinski definition) is 4. The molecule has 0 bridgehead atoms. The number of aromatic nitrogens is 1. The maximum Gasteiger partial charge on any atom is 0.336 e. The summed E-state index contributed by atoms with van der Waals surface area (Å²) in [6.07, 6.45) is 5.64. The molecule has 0 aliphatic carbocycles. The number of carboxylic acids is 1. The van der Waals surface area contributed by atoms with Gasteiger partial charge in [0, 0.05) is 24.8 Å². The lowest BCUT2D eigenvalue weighted by Gasteiger charge is -2.30. The van der Waals surface area contributed by atoms with Gasteiger partial charge in [-0.1, -0.05) is 24.3 Å². The molecule has 0 amide bonds. The van der Waals surface area contributed by atoms with Crippen LogP contribution in [0.5, 0.6) is 0 Å². The average molecular weight is 374 g/mol. The summed E-state index contributed by atoms with van der Waals surface area (Å²) in [7, 11) is -3.14. The summed E-state index contributed by atoms with van der Waals surface area (Å²) in [6, 6.07) is 10.6. The first-order valence-electron chi connectivity index (χ1n) is 8.57. The van der Waals surface area contributed by atoms with E-state index in [1.54, 1.807) is 34.8 Å². The van der Waals surface area contributed by atoms with E-state index in [1.807, 2.05) is 12.1 Å². The fourth-order valence-electron chi connectivity index (χ4n) is 3.43. The molecular weight excluding hydrogens is 352 g/mol. The zero-order valence-corrected chi connectivity index (χ0v) is 15.4. The molecule has 0 saturated carbocycles. The molecule has 3 rings (SSSR count). The van der Waals surface area contributed by atoms with E-state index in [2.05, 4.69) is 4.98 Å². The first-order valence-corrected chi connectivity index (χ1v) is 10.4. The number of carbonyl (C=O) groups is 1. The molecule has 1 aliphatic rings. The fraction of sp³-hybridized carbons (Fsp3) is 0.368. The molecule has 0 unspecified atom stereocenters. The number of nitrogens with zero attached hydrogens (tertiary/aromatic N) is 2. The Hall–Kier alpha value is -2.25. The van der Waals surface area contributed by atoms with E-state index in [9.17, 15) is 18.3 Å². The topological polar surface area (TPSA) is 87.6 Å². The number of benzene rings is 1. The van der Waals surface area contributed by atoms with Crippen molar-refractivity contribution in [3.05, 3.63) is 53.7 Å². The summed E-state index contributed by atoms with van der Waals surface area (Å²) in [4.78, 5) is 15.8. The van der Waals surface area contributed by atoms with Crippen LogP contribution in [-0.2, 0) is 16.4 Å². The van der Waals surface area contributed by atoms with Gasteiger partial charge in [-0.3, -0.25) is 4.98 Å². The molecular formula is C19H22N2O4S. The van der Waals surface area contributed by atoms with Gasteiger partial charge in [0.2, 0.25) is 10.0 Å². The molecule has 2 heterocycles. The van der Waals surface area contributed by atoms with Gasteiger partial charge in [-0.05, 0) is 42.9 Å². The van der Waals surface area contributed by atoms with Crippen LogP contribution in [0, 0.1) is 5.92 Å². The third-order valence-corrected chi connectivity index (χ3v) is 6.00. The zero-order chi connectivity index (χ0) is 18.7. The minimum absolute atomic E-state index is 0.226. The molecule has 26 heavy (non-hydrogen) atoms. The number of piperidine rings is 1. The van der Waals surface area contributed by atoms with Crippen LogP contribution in [0.3, 0.4) is 0 Å². The van der Waals surface area contributed by atoms with Crippen LogP contribution in [0.1, 0.15) is 28.8 Å². The van der Waals surface area contributed by atoms with Crippen molar-refractivity contribution in [1.82, 2.24) is 9.29 Å². The lowest BCUT2D eigenvalue weighted by molar-refractivity contribution is 0.0697. The van der Waals surface area contributed by atoms with E-state index in [4.69, 9.17) is 0 Å². The van der Waals surface area contributed by atoms with Gasteiger partial charge in [-0.25, -0.2) is 17.5 Å². The molecule has 1 N–H and O–H groups in total. The van der Waals surface area contributed by atoms with Crippen molar-refractivity contribution in [2.75, 3.05) is 19.3 Å². The predicted molar refractivity (Wildman–Crippen MR) is 99.5 cm³/mol. The molecule has 0 radical (unpaired) electrons. The zero-order valence-electron chi connectivity index (χ0n) is 14.6. The van der Waals surface area contributed by atoms with Crippen molar-refractivity contribution >= 4 is 16.0 Å². The highest BCUT2D eigenvalue weighted by molar-refractivity contribution is 7.88. The van der Waals surface area contributed by atoms with Crippen LogP contribution in [-0.4, -0.2) is 48.1 Å². The largest absolute Gasteiger partial charge is 0.478 e. The number of aromatic carboxylic acids is 1. The monoisotopic (exact) mass is 374 g/mol. The van der Waals surface area contributed by atoms with Gasteiger partial charge in [-0.15, -0.1) is 0 Å². The van der Waals surface area contributed by atoms with Crippen molar-refractivity contribution in [2.24, 2.45) is 5.92 Å². The van der Waals surface area contributed by atoms with E-state index in [0.717, 1.165) is 24.8 Å². The summed E-state index contributed by atoms with van der Waals surface area (Å²) in [6.45, 7) is 1.14. The third kappa shape index (κ3) is 4.28. The SMILES string of the molecule is CS(=O)(=O)N1CCC[C@H](Cc2ccc(-c3ccccc3C(=O)O)nc2)C1. The minimum atomic E-state index is -3.14. The average Bonchev–Trinajstić information content (AvgIpc) is 2.62. The van der Waals surface area contributed by atoms with Gasteiger partial charge >= 0.3 is 5.97 Å². The van der Waals surface area contributed by atoms with Gasteiger partial charge in [0.05, 0.1) is 17.5 Å². The van der Waals surface area contributed by atoms with E-state index < -0.39 is 16.0 Å². The van der Waals surface area contributed by atoms with Crippen molar-refractivity contribution in [3.8, 4) is 11.3 Å². The third-order valence-electron chi connectivity index (χ3n) is 4.73.